The van der Waals surface area contributed by atoms with Gasteiger partial charge < -0.3 is 10.2 Å². The van der Waals surface area contributed by atoms with E-state index in [0.717, 1.165) is 12.0 Å². The summed E-state index contributed by atoms with van der Waals surface area (Å²) in [4.78, 5) is 32.5. The largest absolute Gasteiger partial charge is 0.334 e. The van der Waals surface area contributed by atoms with E-state index < -0.39 is 0 Å². The van der Waals surface area contributed by atoms with Crippen LogP contribution >= 0.6 is 11.6 Å². The molecule has 2 aromatic carbocycles. The number of rotatable bonds is 7. The summed E-state index contributed by atoms with van der Waals surface area (Å²) < 4.78 is 1.63. The van der Waals surface area contributed by atoms with Gasteiger partial charge in [-0.3, -0.25) is 9.36 Å². The first-order valence-electron chi connectivity index (χ1n) is 10.2. The Morgan fingerprint density at radius 3 is 2.60 bits per heavy atom. The second-order valence-corrected chi connectivity index (χ2v) is 7.63. The number of carbonyl (C=O) groups is 1. The van der Waals surface area contributed by atoms with E-state index in [1.165, 1.54) is 0 Å². The summed E-state index contributed by atoms with van der Waals surface area (Å²) in [5, 5.41) is 4.03. The van der Waals surface area contributed by atoms with Crippen LogP contribution in [0.3, 0.4) is 0 Å². The number of carbonyl (C=O) groups excluding carboxylic acids is 1. The Morgan fingerprint density at radius 2 is 1.93 bits per heavy atom. The zero-order valence-electron chi connectivity index (χ0n) is 17.6. The maximum Gasteiger partial charge on any atom is 0.318 e. The molecule has 158 valence electrons. The molecule has 1 atom stereocenters. The van der Waals surface area contributed by atoms with E-state index in [0.29, 0.717) is 41.4 Å². The third kappa shape index (κ3) is 4.65. The molecule has 0 bridgehead atoms. The first kappa shape index (κ1) is 21.8. The van der Waals surface area contributed by atoms with Gasteiger partial charge in [0.1, 0.15) is 5.82 Å². The molecule has 0 saturated heterocycles. The summed E-state index contributed by atoms with van der Waals surface area (Å²) in [6.07, 6.45) is 0.791. The Hall–Kier alpha value is -2.86. The summed E-state index contributed by atoms with van der Waals surface area (Å²) in [7, 11) is 0. The number of benzene rings is 2. The molecule has 0 radical (unpaired) electrons. The van der Waals surface area contributed by atoms with E-state index in [1.807, 2.05) is 51.1 Å². The monoisotopic (exact) mass is 426 g/mol. The molecule has 1 aromatic heterocycles. The Balaban J connectivity index is 1.94. The normalized spacial score (nSPS) is 12.0. The standard InChI is InChI=1S/C23H27ClN4O2/c1-4-13-28(23(30)25-15-17-9-7-6-8-10-17)16(3)21-26-20-14-18(24)11-12-19(20)22(29)27(21)5-2/h6-12,14,16H,4-5,13,15H2,1-3H3,(H,25,30). The number of nitrogens with zero attached hydrogens (tertiary/aromatic N) is 3. The number of urea groups is 1. The molecule has 3 aromatic rings. The van der Waals surface area contributed by atoms with Gasteiger partial charge in [0.25, 0.3) is 5.56 Å². The van der Waals surface area contributed by atoms with Crippen LogP contribution in [0, 0.1) is 0 Å². The van der Waals surface area contributed by atoms with Crippen LogP contribution < -0.4 is 10.9 Å². The van der Waals surface area contributed by atoms with Crippen molar-refractivity contribution in [2.45, 2.75) is 46.3 Å². The number of amides is 2. The lowest BCUT2D eigenvalue weighted by atomic mass is 10.2. The molecule has 0 saturated carbocycles. The lowest BCUT2D eigenvalue weighted by Gasteiger charge is -2.30. The summed E-state index contributed by atoms with van der Waals surface area (Å²) in [6, 6.07) is 14.3. The zero-order valence-corrected chi connectivity index (χ0v) is 18.3. The van der Waals surface area contributed by atoms with Gasteiger partial charge in [-0.1, -0.05) is 48.9 Å². The molecule has 0 aliphatic heterocycles. The van der Waals surface area contributed by atoms with Crippen LogP contribution in [0.15, 0.2) is 53.3 Å². The SMILES string of the molecule is CCCN(C(=O)NCc1ccccc1)C(C)c1nc2cc(Cl)ccc2c(=O)n1CC. The fraction of sp³-hybridized carbons (Fsp3) is 0.348. The number of halogens is 1. The molecule has 2 amide bonds. The van der Waals surface area contributed by atoms with Crippen molar-refractivity contribution in [3.8, 4) is 0 Å². The molecule has 7 heteroatoms. The molecule has 1 N–H and O–H groups in total. The van der Waals surface area contributed by atoms with E-state index in [2.05, 4.69) is 5.32 Å². The molecule has 1 heterocycles. The highest BCUT2D eigenvalue weighted by Crippen LogP contribution is 2.22. The highest BCUT2D eigenvalue weighted by atomic mass is 35.5. The molecular weight excluding hydrogens is 400 g/mol. The van der Waals surface area contributed by atoms with Crippen LogP contribution in [-0.4, -0.2) is 27.0 Å². The molecule has 30 heavy (non-hydrogen) atoms. The highest BCUT2D eigenvalue weighted by molar-refractivity contribution is 6.31. The minimum Gasteiger partial charge on any atom is -0.334 e. The van der Waals surface area contributed by atoms with Crippen molar-refractivity contribution in [2.75, 3.05) is 6.54 Å². The molecule has 0 aliphatic rings. The van der Waals surface area contributed by atoms with Gasteiger partial charge in [0.05, 0.1) is 16.9 Å². The maximum atomic E-state index is 13.0. The zero-order chi connectivity index (χ0) is 21.7. The van der Waals surface area contributed by atoms with Gasteiger partial charge in [0.2, 0.25) is 0 Å². The molecule has 3 rings (SSSR count). The Bertz CT molecular complexity index is 1080. The second-order valence-electron chi connectivity index (χ2n) is 7.19. The van der Waals surface area contributed by atoms with E-state index in [4.69, 9.17) is 16.6 Å². The van der Waals surface area contributed by atoms with Gasteiger partial charge in [-0.05, 0) is 44.0 Å². The average molecular weight is 427 g/mol. The smallest absolute Gasteiger partial charge is 0.318 e. The summed E-state index contributed by atoms with van der Waals surface area (Å²) in [5.41, 5.74) is 1.45. The van der Waals surface area contributed by atoms with Gasteiger partial charge >= 0.3 is 6.03 Å². The van der Waals surface area contributed by atoms with Crippen molar-refractivity contribution in [3.05, 3.63) is 75.3 Å². The quantitative estimate of drug-likeness (QED) is 0.592. The summed E-state index contributed by atoms with van der Waals surface area (Å²) >= 11 is 6.12. The third-order valence-corrected chi connectivity index (χ3v) is 5.35. The van der Waals surface area contributed by atoms with Crippen LogP contribution in [0.25, 0.3) is 10.9 Å². The van der Waals surface area contributed by atoms with Crippen LogP contribution in [0.2, 0.25) is 5.02 Å². The maximum absolute atomic E-state index is 13.0. The fourth-order valence-electron chi connectivity index (χ4n) is 3.56. The fourth-order valence-corrected chi connectivity index (χ4v) is 3.73. The van der Waals surface area contributed by atoms with Crippen LogP contribution in [0.4, 0.5) is 4.79 Å². The second kappa shape index (κ2) is 9.76. The van der Waals surface area contributed by atoms with Gasteiger partial charge in [0, 0.05) is 24.7 Å². The molecule has 6 nitrogen and oxygen atoms in total. The summed E-state index contributed by atoms with van der Waals surface area (Å²) in [5.74, 6) is 0.556. The van der Waals surface area contributed by atoms with Crippen molar-refractivity contribution in [3.63, 3.8) is 0 Å². The Morgan fingerprint density at radius 1 is 1.20 bits per heavy atom. The molecule has 0 aliphatic carbocycles. The van der Waals surface area contributed by atoms with E-state index in [-0.39, 0.29) is 17.6 Å². The van der Waals surface area contributed by atoms with Crippen LogP contribution in [0.1, 0.15) is 44.6 Å². The third-order valence-electron chi connectivity index (χ3n) is 5.12. The average Bonchev–Trinajstić information content (AvgIpc) is 2.75. The van der Waals surface area contributed by atoms with Crippen molar-refractivity contribution < 1.29 is 4.79 Å². The topological polar surface area (TPSA) is 67.2 Å². The Labute approximate surface area is 181 Å². The van der Waals surface area contributed by atoms with Crippen molar-refractivity contribution in [1.82, 2.24) is 19.8 Å². The Kier molecular flexibility index (Phi) is 7.11. The predicted octanol–water partition coefficient (Wildman–Crippen LogP) is 4.75. The number of aromatic nitrogens is 2. The summed E-state index contributed by atoms with van der Waals surface area (Å²) in [6.45, 7) is 7.28. The predicted molar refractivity (Wildman–Crippen MR) is 121 cm³/mol. The number of nitrogens with one attached hydrogen (secondary N) is 1. The van der Waals surface area contributed by atoms with E-state index in [9.17, 15) is 9.59 Å². The number of fused-ring (bicyclic) bond motifs is 1. The minimum atomic E-state index is -0.378. The lowest BCUT2D eigenvalue weighted by Crippen LogP contribution is -2.43. The molecular formula is C23H27ClN4O2. The molecule has 0 fully saturated rings. The molecule has 0 spiro atoms. The molecule has 1 unspecified atom stereocenters. The lowest BCUT2D eigenvalue weighted by molar-refractivity contribution is 0.174. The van der Waals surface area contributed by atoms with Crippen molar-refractivity contribution >= 4 is 28.5 Å². The van der Waals surface area contributed by atoms with Crippen molar-refractivity contribution in [1.29, 1.82) is 0 Å². The van der Waals surface area contributed by atoms with Gasteiger partial charge in [0.15, 0.2) is 0 Å². The van der Waals surface area contributed by atoms with Gasteiger partial charge in [-0.15, -0.1) is 0 Å². The first-order valence-corrected chi connectivity index (χ1v) is 10.6. The minimum absolute atomic E-state index is 0.123. The van der Waals surface area contributed by atoms with E-state index >= 15 is 0 Å². The highest BCUT2D eigenvalue weighted by Gasteiger charge is 2.25. The van der Waals surface area contributed by atoms with Gasteiger partial charge in [-0.25, -0.2) is 9.78 Å². The first-order chi connectivity index (χ1) is 14.5. The van der Waals surface area contributed by atoms with Gasteiger partial charge in [-0.2, -0.15) is 0 Å². The van der Waals surface area contributed by atoms with Crippen molar-refractivity contribution in [2.24, 2.45) is 0 Å². The number of hydrogen-bond acceptors (Lipinski definition) is 3. The van der Waals surface area contributed by atoms with E-state index in [1.54, 1.807) is 27.7 Å². The van der Waals surface area contributed by atoms with Crippen LogP contribution in [-0.2, 0) is 13.1 Å². The van der Waals surface area contributed by atoms with Crippen LogP contribution in [0.5, 0.6) is 0 Å². The number of hydrogen-bond donors (Lipinski definition) is 1.